The van der Waals surface area contributed by atoms with Gasteiger partial charge in [0.2, 0.25) is 0 Å². The molecule has 21 heavy (non-hydrogen) atoms. The fourth-order valence-electron chi connectivity index (χ4n) is 2.61. The van der Waals surface area contributed by atoms with Gasteiger partial charge in [-0.1, -0.05) is 17.7 Å². The molecule has 0 amide bonds. The number of hydrogen-bond donors (Lipinski definition) is 1. The second-order valence-electron chi connectivity index (χ2n) is 5.15. The van der Waals surface area contributed by atoms with Gasteiger partial charge in [0.05, 0.1) is 18.9 Å². The van der Waals surface area contributed by atoms with Crippen LogP contribution in [0.15, 0.2) is 18.2 Å². The van der Waals surface area contributed by atoms with Crippen molar-refractivity contribution in [3.63, 3.8) is 0 Å². The van der Waals surface area contributed by atoms with E-state index >= 15 is 0 Å². The first-order chi connectivity index (χ1) is 10.1. The van der Waals surface area contributed by atoms with Crippen LogP contribution in [0.5, 0.6) is 0 Å². The standard InChI is InChI=1S/C15H17ClFN3O/c1-20-15-4-5-18-7-12(15)14(19-20)9-21-8-10-2-3-11(17)6-13(10)16/h2-3,6,18H,4-5,7-9H2,1H3. The summed E-state index contributed by atoms with van der Waals surface area (Å²) in [5.41, 5.74) is 4.24. The molecule has 2 heterocycles. The van der Waals surface area contributed by atoms with E-state index in [1.165, 1.54) is 23.4 Å². The van der Waals surface area contributed by atoms with Crippen molar-refractivity contribution in [3.05, 3.63) is 51.6 Å². The van der Waals surface area contributed by atoms with E-state index in [1.807, 2.05) is 11.7 Å². The maximum Gasteiger partial charge on any atom is 0.124 e. The molecule has 4 nitrogen and oxygen atoms in total. The number of aromatic nitrogens is 2. The van der Waals surface area contributed by atoms with Crippen molar-refractivity contribution in [1.82, 2.24) is 15.1 Å². The van der Waals surface area contributed by atoms with Gasteiger partial charge in [0.1, 0.15) is 5.82 Å². The Kier molecular flexibility index (Phi) is 4.24. The SMILES string of the molecule is Cn1nc(COCc2ccc(F)cc2Cl)c2c1CCNC2. The Hall–Kier alpha value is -1.43. The van der Waals surface area contributed by atoms with Crippen LogP contribution in [0.2, 0.25) is 5.02 Å². The molecule has 0 fully saturated rings. The molecule has 0 unspecified atom stereocenters. The highest BCUT2D eigenvalue weighted by atomic mass is 35.5. The monoisotopic (exact) mass is 309 g/mol. The lowest BCUT2D eigenvalue weighted by atomic mass is 10.1. The number of halogens is 2. The van der Waals surface area contributed by atoms with Crippen molar-refractivity contribution >= 4 is 11.6 Å². The molecule has 2 aromatic rings. The number of rotatable bonds is 4. The van der Waals surface area contributed by atoms with Gasteiger partial charge in [-0.25, -0.2) is 4.39 Å². The number of nitrogens with one attached hydrogen (secondary N) is 1. The van der Waals surface area contributed by atoms with E-state index in [4.69, 9.17) is 16.3 Å². The maximum absolute atomic E-state index is 13.0. The van der Waals surface area contributed by atoms with Crippen LogP contribution >= 0.6 is 11.6 Å². The predicted molar refractivity (Wildman–Crippen MR) is 78.5 cm³/mol. The summed E-state index contributed by atoms with van der Waals surface area (Å²) in [7, 11) is 1.96. The van der Waals surface area contributed by atoms with Crippen LogP contribution in [0.25, 0.3) is 0 Å². The molecule has 0 radical (unpaired) electrons. The molecule has 0 aliphatic carbocycles. The largest absolute Gasteiger partial charge is 0.370 e. The number of nitrogens with zero attached hydrogens (tertiary/aromatic N) is 2. The van der Waals surface area contributed by atoms with Crippen LogP contribution in [0.1, 0.15) is 22.5 Å². The summed E-state index contributed by atoms with van der Waals surface area (Å²) in [5.74, 6) is -0.339. The van der Waals surface area contributed by atoms with Crippen molar-refractivity contribution < 1.29 is 9.13 Å². The molecule has 1 N–H and O–H groups in total. The van der Waals surface area contributed by atoms with Crippen LogP contribution in [0.3, 0.4) is 0 Å². The molecule has 0 saturated carbocycles. The Morgan fingerprint density at radius 2 is 2.29 bits per heavy atom. The molecule has 0 atom stereocenters. The Morgan fingerprint density at radius 1 is 1.43 bits per heavy atom. The Morgan fingerprint density at radius 3 is 3.10 bits per heavy atom. The van der Waals surface area contributed by atoms with Gasteiger partial charge in [0.15, 0.2) is 0 Å². The number of benzene rings is 1. The molecule has 0 bridgehead atoms. The first-order valence-electron chi connectivity index (χ1n) is 6.91. The van der Waals surface area contributed by atoms with Crippen LogP contribution in [-0.2, 0) is 38.0 Å². The van der Waals surface area contributed by atoms with Crippen molar-refractivity contribution in [2.75, 3.05) is 6.54 Å². The van der Waals surface area contributed by atoms with E-state index in [-0.39, 0.29) is 5.82 Å². The fraction of sp³-hybridized carbons (Fsp3) is 0.400. The minimum atomic E-state index is -0.339. The smallest absolute Gasteiger partial charge is 0.124 e. The summed E-state index contributed by atoms with van der Waals surface area (Å²) in [4.78, 5) is 0. The summed E-state index contributed by atoms with van der Waals surface area (Å²) < 4.78 is 20.6. The van der Waals surface area contributed by atoms with E-state index in [0.717, 1.165) is 30.8 Å². The van der Waals surface area contributed by atoms with Gasteiger partial charge in [-0.3, -0.25) is 4.68 Å². The van der Waals surface area contributed by atoms with Crippen LogP contribution in [0.4, 0.5) is 4.39 Å². The summed E-state index contributed by atoms with van der Waals surface area (Å²) in [6.45, 7) is 2.59. The van der Waals surface area contributed by atoms with Crippen LogP contribution in [-0.4, -0.2) is 16.3 Å². The summed E-state index contributed by atoms with van der Waals surface area (Å²) in [6, 6.07) is 4.33. The van der Waals surface area contributed by atoms with Crippen molar-refractivity contribution in [1.29, 1.82) is 0 Å². The first kappa shape index (κ1) is 14.5. The molecular formula is C15H17ClFN3O. The summed E-state index contributed by atoms with van der Waals surface area (Å²) >= 11 is 5.98. The van der Waals surface area contributed by atoms with Crippen LogP contribution < -0.4 is 5.32 Å². The van der Waals surface area contributed by atoms with Gasteiger partial charge in [0, 0.05) is 42.8 Å². The third-order valence-corrected chi connectivity index (χ3v) is 4.06. The normalized spacial score (nSPS) is 14.2. The lowest BCUT2D eigenvalue weighted by Gasteiger charge is -2.14. The number of fused-ring (bicyclic) bond motifs is 1. The zero-order valence-corrected chi connectivity index (χ0v) is 12.6. The Bertz CT molecular complexity index is 657. The molecule has 6 heteroatoms. The molecule has 1 aliphatic heterocycles. The van der Waals surface area contributed by atoms with Crippen molar-refractivity contribution in [2.45, 2.75) is 26.2 Å². The van der Waals surface area contributed by atoms with Gasteiger partial charge in [-0.2, -0.15) is 5.10 Å². The molecule has 0 saturated heterocycles. The van der Waals surface area contributed by atoms with Crippen molar-refractivity contribution in [2.24, 2.45) is 7.05 Å². The average Bonchev–Trinajstić information content (AvgIpc) is 2.79. The second-order valence-corrected chi connectivity index (χ2v) is 5.56. The van der Waals surface area contributed by atoms with Gasteiger partial charge >= 0.3 is 0 Å². The number of aryl methyl sites for hydroxylation is 1. The number of hydrogen-bond acceptors (Lipinski definition) is 3. The Labute approximate surface area is 127 Å². The van der Waals surface area contributed by atoms with E-state index in [0.29, 0.717) is 18.2 Å². The topological polar surface area (TPSA) is 39.1 Å². The highest BCUT2D eigenvalue weighted by Crippen LogP contribution is 2.21. The van der Waals surface area contributed by atoms with Crippen molar-refractivity contribution in [3.8, 4) is 0 Å². The minimum absolute atomic E-state index is 0.339. The zero-order valence-electron chi connectivity index (χ0n) is 11.8. The third kappa shape index (κ3) is 3.10. The van der Waals surface area contributed by atoms with E-state index in [9.17, 15) is 4.39 Å². The first-order valence-corrected chi connectivity index (χ1v) is 7.29. The van der Waals surface area contributed by atoms with Gasteiger partial charge in [0.25, 0.3) is 0 Å². The van der Waals surface area contributed by atoms with Crippen LogP contribution in [0, 0.1) is 5.82 Å². The lowest BCUT2D eigenvalue weighted by molar-refractivity contribution is 0.103. The third-order valence-electron chi connectivity index (χ3n) is 3.71. The number of ether oxygens (including phenoxy) is 1. The Balaban J connectivity index is 1.66. The van der Waals surface area contributed by atoms with E-state index in [2.05, 4.69) is 10.4 Å². The molecule has 1 aliphatic rings. The van der Waals surface area contributed by atoms with Gasteiger partial charge in [-0.05, 0) is 17.7 Å². The molecular weight excluding hydrogens is 293 g/mol. The van der Waals surface area contributed by atoms with E-state index < -0.39 is 0 Å². The predicted octanol–water partition coefficient (Wildman–Crippen LogP) is 2.58. The summed E-state index contributed by atoms with van der Waals surface area (Å²) in [6.07, 6.45) is 0.989. The maximum atomic E-state index is 13.0. The highest BCUT2D eigenvalue weighted by Gasteiger charge is 2.18. The average molecular weight is 310 g/mol. The molecule has 112 valence electrons. The second kappa shape index (κ2) is 6.13. The minimum Gasteiger partial charge on any atom is -0.370 e. The zero-order chi connectivity index (χ0) is 14.8. The van der Waals surface area contributed by atoms with Gasteiger partial charge < -0.3 is 10.1 Å². The molecule has 3 rings (SSSR count). The lowest BCUT2D eigenvalue weighted by Crippen LogP contribution is -2.24. The molecule has 0 spiro atoms. The van der Waals surface area contributed by atoms with Gasteiger partial charge in [-0.15, -0.1) is 0 Å². The quantitative estimate of drug-likeness (QED) is 0.943. The highest BCUT2D eigenvalue weighted by molar-refractivity contribution is 6.31. The molecule has 1 aromatic carbocycles. The molecule has 1 aromatic heterocycles. The van der Waals surface area contributed by atoms with E-state index in [1.54, 1.807) is 6.07 Å². The fourth-order valence-corrected chi connectivity index (χ4v) is 2.83. The summed E-state index contributed by atoms with van der Waals surface area (Å²) in [5, 5.41) is 8.25.